The summed E-state index contributed by atoms with van der Waals surface area (Å²) in [6.45, 7) is 2.06. The van der Waals surface area contributed by atoms with Gasteiger partial charge in [0.25, 0.3) is 5.91 Å². The monoisotopic (exact) mass is 565 g/mol. The third kappa shape index (κ3) is 5.50. The lowest BCUT2D eigenvalue weighted by Crippen LogP contribution is -2.31. The normalized spacial score (nSPS) is 14.3. The molecule has 9 nitrogen and oxygen atoms in total. The molecule has 0 spiro atoms. The summed E-state index contributed by atoms with van der Waals surface area (Å²) in [6.07, 6.45) is 1.44. The molecule has 11 heteroatoms. The summed E-state index contributed by atoms with van der Waals surface area (Å²) in [5.74, 6) is 1.94. The molecule has 1 aromatic heterocycles. The van der Waals surface area contributed by atoms with E-state index in [1.807, 2.05) is 25.1 Å². The van der Waals surface area contributed by atoms with Crippen LogP contribution in [-0.4, -0.2) is 34.9 Å². The van der Waals surface area contributed by atoms with E-state index in [1.54, 1.807) is 61.4 Å². The van der Waals surface area contributed by atoms with Crippen molar-refractivity contribution in [2.24, 2.45) is 0 Å². The van der Waals surface area contributed by atoms with Crippen molar-refractivity contribution in [3.8, 4) is 17.2 Å². The largest absolute Gasteiger partial charge is 0.497 e. The molecular formula is C28H25Cl2N5O4. The van der Waals surface area contributed by atoms with Gasteiger partial charge in [0.05, 0.1) is 19.8 Å². The van der Waals surface area contributed by atoms with Crippen LogP contribution in [0.25, 0.3) is 0 Å². The summed E-state index contributed by atoms with van der Waals surface area (Å²) in [4.78, 5) is 17.9. The minimum atomic E-state index is -0.573. The number of anilines is 2. The van der Waals surface area contributed by atoms with Gasteiger partial charge in [-0.3, -0.25) is 4.79 Å². The van der Waals surface area contributed by atoms with E-state index in [0.29, 0.717) is 50.2 Å². The molecule has 0 saturated carbocycles. The molecule has 0 unspecified atom stereocenters. The number of carbonyl (C=O) groups excluding carboxylic acids is 1. The first kappa shape index (κ1) is 26.4. The van der Waals surface area contributed by atoms with Gasteiger partial charge in [-0.05, 0) is 61.0 Å². The summed E-state index contributed by atoms with van der Waals surface area (Å²) in [6, 6.07) is 17.3. The first-order valence-corrected chi connectivity index (χ1v) is 12.7. The maximum absolute atomic E-state index is 13.6. The summed E-state index contributed by atoms with van der Waals surface area (Å²) in [7, 11) is 3.15. The SMILES string of the molecule is COc1ccc(NC(=O)C2=C(C)Nc3ncnn3[C@H]2c2ccc(OCc3ccc(Cl)cc3Cl)c(OC)c2)cc1. The van der Waals surface area contributed by atoms with E-state index >= 15 is 0 Å². The smallest absolute Gasteiger partial charge is 0.255 e. The van der Waals surface area contributed by atoms with Gasteiger partial charge in [0.2, 0.25) is 5.95 Å². The number of halogens is 2. The van der Waals surface area contributed by atoms with Gasteiger partial charge in [0, 0.05) is 27.0 Å². The molecule has 0 fully saturated rings. The standard InChI is InChI=1S/C28H25Cl2N5O4/c1-16-25(27(36)34-20-7-9-21(37-2)10-8-20)26(35-28(33-16)31-15-32-35)17-5-11-23(24(12-17)38-3)39-14-18-4-6-19(29)13-22(18)30/h4-13,15,26H,14H2,1-3H3,(H,34,36)(H,31,32,33)/t26-/m0/s1. The molecule has 1 atom stereocenters. The highest BCUT2D eigenvalue weighted by Gasteiger charge is 2.34. The van der Waals surface area contributed by atoms with Crippen molar-refractivity contribution >= 4 is 40.7 Å². The van der Waals surface area contributed by atoms with E-state index in [9.17, 15) is 4.79 Å². The minimum absolute atomic E-state index is 0.223. The second-order valence-electron chi connectivity index (χ2n) is 8.71. The van der Waals surface area contributed by atoms with Gasteiger partial charge in [-0.25, -0.2) is 4.68 Å². The second-order valence-corrected chi connectivity index (χ2v) is 9.56. The van der Waals surface area contributed by atoms with Crippen LogP contribution in [0, 0.1) is 0 Å². The fourth-order valence-electron chi connectivity index (χ4n) is 4.33. The maximum Gasteiger partial charge on any atom is 0.255 e. The van der Waals surface area contributed by atoms with Crippen LogP contribution in [0.2, 0.25) is 10.0 Å². The number of aromatic nitrogens is 3. The van der Waals surface area contributed by atoms with Crippen LogP contribution in [0.4, 0.5) is 11.6 Å². The van der Waals surface area contributed by atoms with Crippen LogP contribution in [0.5, 0.6) is 17.2 Å². The van der Waals surface area contributed by atoms with Gasteiger partial charge >= 0.3 is 0 Å². The Hall–Kier alpha value is -4.21. The van der Waals surface area contributed by atoms with E-state index in [-0.39, 0.29) is 12.5 Å². The number of nitrogens with zero attached hydrogens (tertiary/aromatic N) is 3. The lowest BCUT2D eigenvalue weighted by molar-refractivity contribution is -0.113. The zero-order valence-electron chi connectivity index (χ0n) is 21.4. The zero-order chi connectivity index (χ0) is 27.5. The fraction of sp³-hybridized carbons (Fsp3) is 0.179. The average molecular weight is 566 g/mol. The third-order valence-electron chi connectivity index (χ3n) is 6.29. The summed E-state index contributed by atoms with van der Waals surface area (Å²) in [5.41, 5.74) is 3.31. The molecule has 0 aliphatic carbocycles. The van der Waals surface area contributed by atoms with Gasteiger partial charge in [0.1, 0.15) is 24.7 Å². The first-order valence-electron chi connectivity index (χ1n) is 11.9. The molecule has 5 rings (SSSR count). The number of allylic oxidation sites excluding steroid dienone is 1. The van der Waals surface area contributed by atoms with Crippen molar-refractivity contribution in [1.29, 1.82) is 0 Å². The lowest BCUT2D eigenvalue weighted by Gasteiger charge is -2.29. The van der Waals surface area contributed by atoms with E-state index in [2.05, 4.69) is 20.7 Å². The minimum Gasteiger partial charge on any atom is -0.497 e. The summed E-state index contributed by atoms with van der Waals surface area (Å²) in [5, 5.41) is 11.6. The van der Waals surface area contributed by atoms with E-state index < -0.39 is 6.04 Å². The Labute approximate surface area is 235 Å². The predicted octanol–water partition coefficient (Wildman–Crippen LogP) is 6.11. The average Bonchev–Trinajstić information content (AvgIpc) is 3.40. The highest BCUT2D eigenvalue weighted by Crippen LogP contribution is 2.39. The van der Waals surface area contributed by atoms with Crippen LogP contribution < -0.4 is 24.8 Å². The second kappa shape index (κ2) is 11.3. The number of nitrogens with one attached hydrogen (secondary N) is 2. The first-order chi connectivity index (χ1) is 18.9. The molecule has 1 aliphatic heterocycles. The molecule has 0 saturated heterocycles. The van der Waals surface area contributed by atoms with Gasteiger partial charge in [-0.15, -0.1) is 0 Å². The van der Waals surface area contributed by atoms with Crippen LogP contribution in [-0.2, 0) is 11.4 Å². The number of carbonyl (C=O) groups is 1. The number of fused-ring (bicyclic) bond motifs is 1. The number of hydrogen-bond donors (Lipinski definition) is 2. The lowest BCUT2D eigenvalue weighted by atomic mass is 9.94. The molecule has 2 heterocycles. The maximum atomic E-state index is 13.6. The quantitative estimate of drug-likeness (QED) is 0.266. The number of benzene rings is 3. The van der Waals surface area contributed by atoms with Crippen molar-refractivity contribution in [3.63, 3.8) is 0 Å². The summed E-state index contributed by atoms with van der Waals surface area (Å²) < 4.78 is 18.6. The van der Waals surface area contributed by atoms with Crippen molar-refractivity contribution in [3.05, 3.63) is 99.4 Å². The molecule has 2 N–H and O–H groups in total. The topological polar surface area (TPSA) is 99.5 Å². The van der Waals surface area contributed by atoms with Crippen molar-refractivity contribution < 1.29 is 19.0 Å². The number of hydrogen-bond acceptors (Lipinski definition) is 7. The number of methoxy groups -OCH3 is 2. The van der Waals surface area contributed by atoms with Gasteiger partial charge in [-0.2, -0.15) is 10.1 Å². The molecule has 4 aromatic rings. The van der Waals surface area contributed by atoms with Crippen LogP contribution in [0.15, 0.2) is 78.3 Å². The fourth-order valence-corrected chi connectivity index (χ4v) is 4.80. The molecule has 39 heavy (non-hydrogen) atoms. The van der Waals surface area contributed by atoms with Crippen LogP contribution in [0.3, 0.4) is 0 Å². The molecule has 1 aliphatic rings. The van der Waals surface area contributed by atoms with E-state index in [4.69, 9.17) is 37.4 Å². The Morgan fingerprint density at radius 2 is 1.82 bits per heavy atom. The predicted molar refractivity (Wildman–Crippen MR) is 150 cm³/mol. The zero-order valence-corrected chi connectivity index (χ0v) is 22.9. The van der Waals surface area contributed by atoms with E-state index in [0.717, 1.165) is 11.1 Å². The molecule has 200 valence electrons. The highest BCUT2D eigenvalue weighted by atomic mass is 35.5. The van der Waals surface area contributed by atoms with Gasteiger partial charge in [0.15, 0.2) is 11.5 Å². The summed E-state index contributed by atoms with van der Waals surface area (Å²) >= 11 is 12.3. The number of amides is 1. The Balaban J connectivity index is 1.45. The van der Waals surface area contributed by atoms with Crippen LogP contribution in [0.1, 0.15) is 24.1 Å². The molecule has 3 aromatic carbocycles. The number of ether oxygens (including phenoxy) is 3. The Bertz CT molecular complexity index is 1550. The molecular weight excluding hydrogens is 541 g/mol. The van der Waals surface area contributed by atoms with Crippen molar-refractivity contribution in [2.75, 3.05) is 24.9 Å². The Morgan fingerprint density at radius 1 is 1.03 bits per heavy atom. The van der Waals surface area contributed by atoms with Crippen molar-refractivity contribution in [1.82, 2.24) is 14.8 Å². The van der Waals surface area contributed by atoms with E-state index in [1.165, 1.54) is 6.33 Å². The number of rotatable bonds is 8. The Kier molecular flexibility index (Phi) is 7.63. The molecule has 1 amide bonds. The molecule has 0 bridgehead atoms. The van der Waals surface area contributed by atoms with Gasteiger partial charge < -0.3 is 24.8 Å². The highest BCUT2D eigenvalue weighted by molar-refractivity contribution is 6.35. The Morgan fingerprint density at radius 3 is 2.54 bits per heavy atom. The van der Waals surface area contributed by atoms with Crippen LogP contribution >= 0.6 is 23.2 Å². The van der Waals surface area contributed by atoms with Crippen molar-refractivity contribution in [2.45, 2.75) is 19.6 Å². The van der Waals surface area contributed by atoms with Gasteiger partial charge in [-0.1, -0.05) is 35.3 Å². The third-order valence-corrected chi connectivity index (χ3v) is 6.88. The molecule has 0 radical (unpaired) electrons.